The second kappa shape index (κ2) is 4.72. The van der Waals surface area contributed by atoms with Gasteiger partial charge in [-0.05, 0) is 38.1 Å². The number of imidazole rings is 1. The number of halogens is 2. The zero-order valence-electron chi connectivity index (χ0n) is 10.6. The van der Waals surface area contributed by atoms with Crippen molar-refractivity contribution in [2.45, 2.75) is 18.3 Å². The SMILES string of the molecule is CNCC1(c2ncc(-c3cc(Br)ccc3F)[nH]2)CC1. The molecular weight excluding hydrogens is 309 g/mol. The molecule has 1 saturated carbocycles. The average Bonchev–Trinajstić information content (AvgIpc) is 3.01. The van der Waals surface area contributed by atoms with E-state index in [-0.39, 0.29) is 11.2 Å². The number of benzene rings is 1. The molecule has 0 atom stereocenters. The van der Waals surface area contributed by atoms with Crippen LogP contribution in [0.25, 0.3) is 11.3 Å². The van der Waals surface area contributed by atoms with E-state index >= 15 is 0 Å². The minimum atomic E-state index is -0.239. The van der Waals surface area contributed by atoms with Gasteiger partial charge in [-0.3, -0.25) is 0 Å². The summed E-state index contributed by atoms with van der Waals surface area (Å²) in [6.45, 7) is 0.904. The van der Waals surface area contributed by atoms with Crippen molar-refractivity contribution in [2.75, 3.05) is 13.6 Å². The molecule has 0 bridgehead atoms. The summed E-state index contributed by atoms with van der Waals surface area (Å²) in [4.78, 5) is 7.71. The Morgan fingerprint density at radius 1 is 1.47 bits per heavy atom. The predicted octanol–water partition coefficient (Wildman–Crippen LogP) is 3.23. The van der Waals surface area contributed by atoms with Gasteiger partial charge in [-0.25, -0.2) is 9.37 Å². The molecule has 3 rings (SSSR count). The summed E-state index contributed by atoms with van der Waals surface area (Å²) in [6.07, 6.45) is 3.97. The van der Waals surface area contributed by atoms with E-state index in [1.807, 2.05) is 7.05 Å². The van der Waals surface area contributed by atoms with E-state index in [1.165, 1.54) is 6.07 Å². The van der Waals surface area contributed by atoms with Gasteiger partial charge in [0.25, 0.3) is 0 Å². The monoisotopic (exact) mass is 323 g/mol. The van der Waals surface area contributed by atoms with E-state index in [0.29, 0.717) is 5.56 Å². The van der Waals surface area contributed by atoms with Crippen molar-refractivity contribution in [3.05, 3.63) is 40.5 Å². The average molecular weight is 324 g/mol. The van der Waals surface area contributed by atoms with Gasteiger partial charge < -0.3 is 10.3 Å². The Labute approximate surface area is 119 Å². The van der Waals surface area contributed by atoms with Crippen LogP contribution in [0.1, 0.15) is 18.7 Å². The zero-order valence-corrected chi connectivity index (χ0v) is 12.2. The first-order valence-corrected chi connectivity index (χ1v) is 7.09. The summed E-state index contributed by atoms with van der Waals surface area (Å²) in [5.74, 6) is 0.716. The molecule has 1 aliphatic rings. The largest absolute Gasteiger partial charge is 0.341 e. The first-order valence-electron chi connectivity index (χ1n) is 6.30. The topological polar surface area (TPSA) is 40.7 Å². The minimum absolute atomic E-state index is 0.121. The van der Waals surface area contributed by atoms with E-state index in [2.05, 4.69) is 31.2 Å². The lowest BCUT2D eigenvalue weighted by molar-refractivity contribution is 0.594. The van der Waals surface area contributed by atoms with Crippen molar-refractivity contribution in [1.82, 2.24) is 15.3 Å². The minimum Gasteiger partial charge on any atom is -0.341 e. The van der Waals surface area contributed by atoms with Crippen LogP contribution >= 0.6 is 15.9 Å². The van der Waals surface area contributed by atoms with Crippen molar-refractivity contribution in [1.29, 1.82) is 0 Å². The number of hydrogen-bond donors (Lipinski definition) is 2. The smallest absolute Gasteiger partial charge is 0.132 e. The van der Waals surface area contributed by atoms with Crippen LogP contribution in [0.4, 0.5) is 4.39 Å². The van der Waals surface area contributed by atoms with Crippen molar-refractivity contribution < 1.29 is 4.39 Å². The molecule has 0 radical (unpaired) electrons. The molecule has 5 heteroatoms. The van der Waals surface area contributed by atoms with Crippen molar-refractivity contribution >= 4 is 15.9 Å². The second-order valence-corrected chi connectivity index (χ2v) is 6.00. The number of nitrogens with zero attached hydrogens (tertiary/aromatic N) is 1. The summed E-state index contributed by atoms with van der Waals surface area (Å²) in [5, 5.41) is 3.20. The summed E-state index contributed by atoms with van der Waals surface area (Å²) < 4.78 is 14.7. The van der Waals surface area contributed by atoms with E-state index < -0.39 is 0 Å². The molecule has 3 nitrogen and oxygen atoms in total. The fourth-order valence-corrected chi connectivity index (χ4v) is 2.78. The Hall–Kier alpha value is -1.20. The maximum absolute atomic E-state index is 13.8. The van der Waals surface area contributed by atoms with Gasteiger partial charge in [0.15, 0.2) is 0 Å². The van der Waals surface area contributed by atoms with Crippen LogP contribution in [0.15, 0.2) is 28.9 Å². The molecule has 1 fully saturated rings. The van der Waals surface area contributed by atoms with Crippen molar-refractivity contribution in [3.63, 3.8) is 0 Å². The Morgan fingerprint density at radius 3 is 2.95 bits per heavy atom. The third-order valence-electron chi connectivity index (χ3n) is 3.67. The van der Waals surface area contributed by atoms with Gasteiger partial charge in [0.1, 0.15) is 11.6 Å². The normalized spacial score (nSPS) is 16.6. The number of aromatic amines is 1. The summed E-state index contributed by atoms with van der Waals surface area (Å²) in [6, 6.07) is 4.92. The fourth-order valence-electron chi connectivity index (χ4n) is 2.42. The first kappa shape index (κ1) is 12.8. The predicted molar refractivity (Wildman–Crippen MR) is 76.5 cm³/mol. The molecule has 2 aromatic rings. The quantitative estimate of drug-likeness (QED) is 0.907. The lowest BCUT2D eigenvalue weighted by atomic mass is 10.1. The van der Waals surface area contributed by atoms with Gasteiger partial charge in [-0.15, -0.1) is 0 Å². The molecule has 1 aromatic carbocycles. The second-order valence-electron chi connectivity index (χ2n) is 5.08. The molecule has 1 heterocycles. The van der Waals surface area contributed by atoms with E-state index in [4.69, 9.17) is 0 Å². The first-order chi connectivity index (χ1) is 9.14. The van der Waals surface area contributed by atoms with Gasteiger partial charge in [0.2, 0.25) is 0 Å². The van der Waals surface area contributed by atoms with E-state index in [0.717, 1.165) is 35.4 Å². The van der Waals surface area contributed by atoms with Gasteiger partial charge in [-0.1, -0.05) is 15.9 Å². The Balaban J connectivity index is 1.95. The number of H-pyrrole nitrogens is 1. The van der Waals surface area contributed by atoms with Crippen LogP contribution in [0.2, 0.25) is 0 Å². The Bertz CT molecular complexity index is 604. The maximum Gasteiger partial charge on any atom is 0.132 e. The highest BCUT2D eigenvalue weighted by atomic mass is 79.9. The Morgan fingerprint density at radius 2 is 2.26 bits per heavy atom. The van der Waals surface area contributed by atoms with Gasteiger partial charge in [0.05, 0.1) is 11.9 Å². The van der Waals surface area contributed by atoms with Crippen LogP contribution < -0.4 is 5.32 Å². The summed E-state index contributed by atoms with van der Waals surface area (Å²) in [7, 11) is 1.94. The molecular formula is C14H15BrFN3. The lowest BCUT2D eigenvalue weighted by Gasteiger charge is -2.10. The number of nitrogens with one attached hydrogen (secondary N) is 2. The summed E-state index contributed by atoms with van der Waals surface area (Å²) >= 11 is 3.37. The van der Waals surface area contributed by atoms with Gasteiger partial charge in [-0.2, -0.15) is 0 Å². The molecule has 19 heavy (non-hydrogen) atoms. The summed E-state index contributed by atoms with van der Waals surface area (Å²) in [5.41, 5.74) is 1.40. The van der Waals surface area contributed by atoms with Crippen molar-refractivity contribution in [3.8, 4) is 11.3 Å². The van der Waals surface area contributed by atoms with Crippen LogP contribution in [0.5, 0.6) is 0 Å². The highest BCUT2D eigenvalue weighted by Crippen LogP contribution is 2.46. The third kappa shape index (κ3) is 2.32. The molecule has 1 aromatic heterocycles. The molecule has 1 aliphatic carbocycles. The standard InChI is InChI=1S/C14H15BrFN3/c1-17-8-14(4-5-14)13-18-7-12(19-13)10-6-9(15)2-3-11(10)16/h2-3,6-7,17H,4-5,8H2,1H3,(H,18,19). The third-order valence-corrected chi connectivity index (χ3v) is 4.16. The number of likely N-dealkylation sites (N-methyl/N-ethyl adjacent to an activating group) is 1. The highest BCUT2D eigenvalue weighted by molar-refractivity contribution is 9.10. The molecule has 2 N–H and O–H groups in total. The Kier molecular flexibility index (Phi) is 3.19. The van der Waals surface area contributed by atoms with Crippen LogP contribution in [-0.4, -0.2) is 23.6 Å². The molecule has 0 unspecified atom stereocenters. The molecule has 0 spiro atoms. The van der Waals surface area contributed by atoms with Crippen LogP contribution in [-0.2, 0) is 5.41 Å². The van der Waals surface area contributed by atoms with Gasteiger partial charge in [0, 0.05) is 22.0 Å². The molecule has 0 aliphatic heterocycles. The zero-order chi connectivity index (χ0) is 13.5. The van der Waals surface area contributed by atoms with Crippen LogP contribution in [0.3, 0.4) is 0 Å². The van der Waals surface area contributed by atoms with Crippen LogP contribution in [0, 0.1) is 5.82 Å². The lowest BCUT2D eigenvalue weighted by Crippen LogP contribution is -2.24. The van der Waals surface area contributed by atoms with E-state index in [1.54, 1.807) is 18.3 Å². The van der Waals surface area contributed by atoms with Crippen molar-refractivity contribution in [2.24, 2.45) is 0 Å². The van der Waals surface area contributed by atoms with Gasteiger partial charge >= 0.3 is 0 Å². The maximum atomic E-state index is 13.8. The number of rotatable bonds is 4. The van der Waals surface area contributed by atoms with E-state index in [9.17, 15) is 4.39 Å². The number of hydrogen-bond acceptors (Lipinski definition) is 2. The molecule has 0 saturated heterocycles. The fraction of sp³-hybridized carbons (Fsp3) is 0.357. The molecule has 100 valence electrons. The molecule has 0 amide bonds. The number of aromatic nitrogens is 2. The highest BCUT2D eigenvalue weighted by Gasteiger charge is 2.46.